The monoisotopic (exact) mass is 476 g/mol. The first-order chi connectivity index (χ1) is 16.5. The molecule has 0 saturated carbocycles. The van der Waals surface area contributed by atoms with Gasteiger partial charge in [0.1, 0.15) is 6.04 Å². The van der Waals surface area contributed by atoms with E-state index < -0.39 is 6.04 Å². The minimum atomic E-state index is -0.567. The summed E-state index contributed by atoms with van der Waals surface area (Å²) in [6.07, 6.45) is 1.62. The predicted octanol–water partition coefficient (Wildman–Crippen LogP) is 6.20. The minimum absolute atomic E-state index is 0.0730. The van der Waals surface area contributed by atoms with Crippen molar-refractivity contribution in [2.45, 2.75) is 51.6 Å². The van der Waals surface area contributed by atoms with Gasteiger partial charge in [0.25, 0.3) is 0 Å². The highest BCUT2D eigenvalue weighted by atomic mass is 35.5. The molecule has 1 atom stereocenters. The minimum Gasteiger partial charge on any atom is -0.354 e. The molecule has 1 N–H and O–H groups in total. The molecule has 0 saturated heterocycles. The van der Waals surface area contributed by atoms with Gasteiger partial charge in [-0.05, 0) is 35.6 Å². The smallest absolute Gasteiger partial charge is 0.242 e. The van der Waals surface area contributed by atoms with Crippen molar-refractivity contribution in [3.8, 4) is 0 Å². The van der Waals surface area contributed by atoms with Gasteiger partial charge in [0.2, 0.25) is 11.8 Å². The van der Waals surface area contributed by atoms with Gasteiger partial charge < -0.3 is 10.2 Å². The molecule has 4 nitrogen and oxygen atoms in total. The molecule has 0 bridgehead atoms. The standard InChI is InChI=1S/C29H33ClN2O2/c1-3-19-31-29(34)27(4-2)32(21-24-17-11-12-18-26(24)30)28(33)20-25(22-13-7-5-8-14-22)23-15-9-6-10-16-23/h5-18,25,27H,3-4,19-21H2,1-2H3,(H,31,34)/t27-/m0/s1. The summed E-state index contributed by atoms with van der Waals surface area (Å²) in [6, 6.07) is 27.0. The SMILES string of the molecule is CCCNC(=O)[C@H](CC)N(Cc1ccccc1Cl)C(=O)CC(c1ccccc1)c1ccccc1. The first kappa shape index (κ1) is 25.5. The molecule has 0 aliphatic heterocycles. The third-order valence-corrected chi connectivity index (χ3v) is 6.39. The Morgan fingerprint density at radius 2 is 1.41 bits per heavy atom. The lowest BCUT2D eigenvalue weighted by Gasteiger charge is -2.32. The number of hydrogen-bond donors (Lipinski definition) is 1. The molecular weight excluding hydrogens is 444 g/mol. The molecule has 34 heavy (non-hydrogen) atoms. The van der Waals surface area contributed by atoms with Gasteiger partial charge in [-0.1, -0.05) is 104 Å². The van der Waals surface area contributed by atoms with Gasteiger partial charge in [0, 0.05) is 30.5 Å². The average molecular weight is 477 g/mol. The fourth-order valence-corrected chi connectivity index (χ4v) is 4.38. The molecule has 0 spiro atoms. The zero-order valence-corrected chi connectivity index (χ0v) is 20.7. The van der Waals surface area contributed by atoms with Crippen LogP contribution in [0, 0.1) is 0 Å². The summed E-state index contributed by atoms with van der Waals surface area (Å²) in [4.78, 5) is 28.6. The largest absolute Gasteiger partial charge is 0.354 e. The zero-order valence-electron chi connectivity index (χ0n) is 19.9. The van der Waals surface area contributed by atoms with E-state index in [0.717, 1.165) is 23.1 Å². The lowest BCUT2D eigenvalue weighted by atomic mass is 9.88. The molecule has 2 amide bonds. The maximum absolute atomic E-state index is 13.9. The summed E-state index contributed by atoms with van der Waals surface area (Å²) in [7, 11) is 0. The Hall–Kier alpha value is -3.11. The van der Waals surface area contributed by atoms with Crippen LogP contribution in [0.4, 0.5) is 0 Å². The maximum atomic E-state index is 13.9. The fourth-order valence-electron chi connectivity index (χ4n) is 4.19. The van der Waals surface area contributed by atoms with Crippen molar-refractivity contribution >= 4 is 23.4 Å². The highest BCUT2D eigenvalue weighted by Gasteiger charge is 2.31. The quantitative estimate of drug-likeness (QED) is 0.358. The van der Waals surface area contributed by atoms with Crippen molar-refractivity contribution < 1.29 is 9.59 Å². The number of benzene rings is 3. The van der Waals surface area contributed by atoms with Gasteiger partial charge in [0.05, 0.1) is 0 Å². The van der Waals surface area contributed by atoms with Crippen LogP contribution in [0.2, 0.25) is 5.02 Å². The molecule has 0 fully saturated rings. The van der Waals surface area contributed by atoms with E-state index in [4.69, 9.17) is 11.6 Å². The molecule has 0 heterocycles. The summed E-state index contributed by atoms with van der Waals surface area (Å²) in [5.74, 6) is -0.309. The average Bonchev–Trinajstić information content (AvgIpc) is 2.87. The summed E-state index contributed by atoms with van der Waals surface area (Å²) in [6.45, 7) is 4.82. The first-order valence-corrected chi connectivity index (χ1v) is 12.3. The second-order valence-corrected chi connectivity index (χ2v) is 8.81. The molecular formula is C29H33ClN2O2. The van der Waals surface area contributed by atoms with Crippen LogP contribution in [0.3, 0.4) is 0 Å². The predicted molar refractivity (Wildman–Crippen MR) is 139 cm³/mol. The van der Waals surface area contributed by atoms with Crippen LogP contribution in [-0.4, -0.2) is 29.3 Å². The number of nitrogens with one attached hydrogen (secondary N) is 1. The van der Waals surface area contributed by atoms with Gasteiger partial charge in [0.15, 0.2) is 0 Å². The van der Waals surface area contributed by atoms with E-state index in [-0.39, 0.29) is 30.7 Å². The summed E-state index contributed by atoms with van der Waals surface area (Å²) in [5.41, 5.74) is 2.97. The summed E-state index contributed by atoms with van der Waals surface area (Å²) in [5, 5.41) is 3.56. The number of rotatable bonds is 11. The molecule has 178 valence electrons. The van der Waals surface area contributed by atoms with Gasteiger partial charge in [-0.15, -0.1) is 0 Å². The molecule has 3 aromatic rings. The highest BCUT2D eigenvalue weighted by molar-refractivity contribution is 6.31. The van der Waals surface area contributed by atoms with Crippen molar-refractivity contribution in [3.63, 3.8) is 0 Å². The van der Waals surface area contributed by atoms with Crippen LogP contribution in [-0.2, 0) is 16.1 Å². The van der Waals surface area contributed by atoms with E-state index in [0.29, 0.717) is 18.0 Å². The molecule has 0 aromatic heterocycles. The highest BCUT2D eigenvalue weighted by Crippen LogP contribution is 2.30. The molecule has 0 radical (unpaired) electrons. The van der Waals surface area contributed by atoms with Crippen LogP contribution >= 0.6 is 11.6 Å². The lowest BCUT2D eigenvalue weighted by Crippen LogP contribution is -2.49. The van der Waals surface area contributed by atoms with E-state index in [1.165, 1.54) is 0 Å². The van der Waals surface area contributed by atoms with E-state index >= 15 is 0 Å². The van der Waals surface area contributed by atoms with Crippen LogP contribution in [0.25, 0.3) is 0 Å². The Balaban J connectivity index is 1.95. The van der Waals surface area contributed by atoms with Crippen LogP contribution in [0.5, 0.6) is 0 Å². The van der Waals surface area contributed by atoms with Crippen molar-refractivity contribution in [1.29, 1.82) is 0 Å². The molecule has 3 rings (SSSR count). The van der Waals surface area contributed by atoms with Crippen molar-refractivity contribution in [3.05, 3.63) is 107 Å². The summed E-state index contributed by atoms with van der Waals surface area (Å²) >= 11 is 6.44. The third kappa shape index (κ3) is 6.71. The van der Waals surface area contributed by atoms with Gasteiger partial charge in [-0.3, -0.25) is 9.59 Å². The fraction of sp³-hybridized carbons (Fsp3) is 0.310. The first-order valence-electron chi connectivity index (χ1n) is 12.0. The third-order valence-electron chi connectivity index (χ3n) is 6.02. The molecule has 0 unspecified atom stereocenters. The van der Waals surface area contributed by atoms with Crippen molar-refractivity contribution in [2.75, 3.05) is 6.54 Å². The molecule has 0 aliphatic rings. The van der Waals surface area contributed by atoms with E-state index in [2.05, 4.69) is 29.6 Å². The number of amides is 2. The van der Waals surface area contributed by atoms with Crippen molar-refractivity contribution in [1.82, 2.24) is 10.2 Å². The topological polar surface area (TPSA) is 49.4 Å². The molecule has 0 aliphatic carbocycles. The van der Waals surface area contributed by atoms with Crippen LogP contribution < -0.4 is 5.32 Å². The Morgan fingerprint density at radius 3 is 1.94 bits per heavy atom. The van der Waals surface area contributed by atoms with Gasteiger partial charge >= 0.3 is 0 Å². The van der Waals surface area contributed by atoms with Gasteiger partial charge in [-0.25, -0.2) is 0 Å². The van der Waals surface area contributed by atoms with Crippen LogP contribution in [0.1, 0.15) is 55.7 Å². The van der Waals surface area contributed by atoms with Crippen molar-refractivity contribution in [2.24, 2.45) is 0 Å². The Labute approximate surface area is 207 Å². The number of halogens is 1. The summed E-state index contributed by atoms with van der Waals surface area (Å²) < 4.78 is 0. The molecule has 5 heteroatoms. The van der Waals surface area contributed by atoms with E-state index in [1.807, 2.05) is 74.5 Å². The zero-order chi connectivity index (χ0) is 24.3. The number of carbonyl (C=O) groups excluding carboxylic acids is 2. The van der Waals surface area contributed by atoms with E-state index in [9.17, 15) is 9.59 Å². The maximum Gasteiger partial charge on any atom is 0.242 e. The second-order valence-electron chi connectivity index (χ2n) is 8.41. The Morgan fingerprint density at radius 1 is 0.853 bits per heavy atom. The molecule has 3 aromatic carbocycles. The Bertz CT molecular complexity index is 1020. The lowest BCUT2D eigenvalue weighted by molar-refractivity contribution is -0.141. The second kappa shape index (κ2) is 13.0. The number of carbonyl (C=O) groups is 2. The van der Waals surface area contributed by atoms with Crippen LogP contribution in [0.15, 0.2) is 84.9 Å². The number of nitrogens with zero attached hydrogens (tertiary/aromatic N) is 1. The van der Waals surface area contributed by atoms with Gasteiger partial charge in [-0.2, -0.15) is 0 Å². The number of hydrogen-bond acceptors (Lipinski definition) is 2. The van der Waals surface area contributed by atoms with E-state index in [1.54, 1.807) is 4.90 Å². The Kier molecular flexibility index (Phi) is 9.72. The normalized spacial score (nSPS) is 11.8.